The van der Waals surface area contributed by atoms with Crippen LogP contribution in [0.5, 0.6) is 0 Å². The van der Waals surface area contributed by atoms with Gasteiger partial charge in [0.15, 0.2) is 0 Å². The number of likely N-dealkylation sites (tertiary alicyclic amines) is 1. The van der Waals surface area contributed by atoms with Crippen molar-refractivity contribution >= 4 is 31.1 Å². The van der Waals surface area contributed by atoms with E-state index in [4.69, 9.17) is 14.1 Å². The molecule has 3 N–H and O–H groups in total. The fourth-order valence-electron chi connectivity index (χ4n) is 7.24. The molecule has 1 aliphatic carbocycles. The quantitative estimate of drug-likeness (QED) is 0.378. The lowest BCUT2D eigenvalue weighted by Crippen LogP contribution is -2.58. The van der Waals surface area contributed by atoms with Crippen molar-refractivity contribution in [1.29, 1.82) is 0 Å². The average Bonchev–Trinajstić information content (AvgIpc) is 3.73. The van der Waals surface area contributed by atoms with Gasteiger partial charge < -0.3 is 34.7 Å². The van der Waals surface area contributed by atoms with Crippen molar-refractivity contribution in [1.82, 2.24) is 20.4 Å². The second kappa shape index (κ2) is 14.4. The first-order valence-electron chi connectivity index (χ1n) is 16.8. The number of rotatable bonds is 7. The van der Waals surface area contributed by atoms with Crippen LogP contribution in [0.2, 0.25) is 0 Å². The van der Waals surface area contributed by atoms with Gasteiger partial charge in [0, 0.05) is 31.1 Å². The van der Waals surface area contributed by atoms with Gasteiger partial charge in [-0.1, -0.05) is 45.2 Å². The van der Waals surface area contributed by atoms with E-state index in [9.17, 15) is 28.6 Å². The summed E-state index contributed by atoms with van der Waals surface area (Å²) in [5.74, 6) is -2.25. The number of nitrogens with zero attached hydrogens (tertiary/aromatic N) is 2. The van der Waals surface area contributed by atoms with Crippen molar-refractivity contribution in [2.75, 3.05) is 13.2 Å². The summed E-state index contributed by atoms with van der Waals surface area (Å²) < 4.78 is 31.2. The Morgan fingerprint density at radius 1 is 1.11 bits per heavy atom. The molecule has 3 aliphatic heterocycles. The normalized spacial score (nSPS) is 25.5. The lowest BCUT2D eigenvalue weighted by atomic mass is 9.71. The van der Waals surface area contributed by atoms with Crippen molar-refractivity contribution in [3.63, 3.8) is 0 Å². The molecule has 3 fully saturated rings. The van der Waals surface area contributed by atoms with Crippen LogP contribution in [0.3, 0.4) is 0 Å². The van der Waals surface area contributed by atoms with Crippen molar-refractivity contribution < 1.29 is 42.7 Å². The number of hydrogen-bond acceptors (Lipinski definition) is 8. The van der Waals surface area contributed by atoms with E-state index in [1.54, 1.807) is 32.9 Å². The van der Waals surface area contributed by atoms with E-state index < -0.39 is 66.7 Å². The highest BCUT2D eigenvalue weighted by atomic mass is 19.1. The topological polar surface area (TPSA) is 147 Å². The first-order chi connectivity index (χ1) is 22.2. The highest BCUT2D eigenvalue weighted by Gasteiger charge is 2.49. The summed E-state index contributed by atoms with van der Waals surface area (Å²) in [6.07, 6.45) is 2.07. The smallest absolute Gasteiger partial charge is 0.444 e. The number of alkyl carbamates (subject to hydrolysis) is 1. The number of carbonyl (C=O) groups excluding carboxylic acids is 4. The van der Waals surface area contributed by atoms with Gasteiger partial charge in [0.1, 0.15) is 29.6 Å². The monoisotopic (exact) mass is 658 g/mol. The molecule has 1 aromatic rings. The maximum Gasteiger partial charge on any atom is 0.478 e. The molecule has 14 heteroatoms. The van der Waals surface area contributed by atoms with E-state index >= 15 is 0 Å². The average molecular weight is 659 g/mol. The number of carbonyl (C=O) groups is 4. The Labute approximate surface area is 276 Å². The Morgan fingerprint density at radius 3 is 2.49 bits per heavy atom. The molecule has 5 rings (SSSR count). The van der Waals surface area contributed by atoms with Crippen molar-refractivity contribution in [3.8, 4) is 0 Å². The van der Waals surface area contributed by atoms with Crippen LogP contribution in [0.15, 0.2) is 18.2 Å². The summed E-state index contributed by atoms with van der Waals surface area (Å²) in [7, 11) is -1.20. The van der Waals surface area contributed by atoms with Crippen molar-refractivity contribution in [2.24, 2.45) is 17.8 Å². The molecule has 1 aromatic carbocycles. The van der Waals surface area contributed by atoms with Gasteiger partial charge in [0.05, 0.1) is 19.0 Å². The Hall–Kier alpha value is -3.39. The number of ether oxygens (including phenoxy) is 2. The molecular formula is C33H48BFN4O8. The van der Waals surface area contributed by atoms with Crippen LogP contribution in [0.1, 0.15) is 84.3 Å². The zero-order valence-corrected chi connectivity index (χ0v) is 28.0. The number of halogens is 1. The lowest BCUT2D eigenvalue weighted by molar-refractivity contribution is -0.141. The first kappa shape index (κ1) is 34.9. The summed E-state index contributed by atoms with van der Waals surface area (Å²) >= 11 is 0. The Balaban J connectivity index is 1.36. The molecule has 1 saturated carbocycles. The minimum absolute atomic E-state index is 0.0122. The van der Waals surface area contributed by atoms with Crippen LogP contribution in [-0.4, -0.2) is 88.8 Å². The van der Waals surface area contributed by atoms with Gasteiger partial charge >= 0.3 is 19.3 Å². The fraction of sp³-hybridized carbons (Fsp3) is 0.697. The second-order valence-corrected chi connectivity index (χ2v) is 14.7. The van der Waals surface area contributed by atoms with E-state index in [-0.39, 0.29) is 50.4 Å². The van der Waals surface area contributed by atoms with Gasteiger partial charge in [-0.15, -0.1) is 0 Å². The van der Waals surface area contributed by atoms with Crippen LogP contribution >= 0.6 is 0 Å². The third-order valence-electron chi connectivity index (χ3n) is 9.75. The first-order valence-corrected chi connectivity index (χ1v) is 16.8. The molecule has 0 unspecified atom stereocenters. The second-order valence-electron chi connectivity index (χ2n) is 14.7. The predicted molar refractivity (Wildman–Crippen MR) is 170 cm³/mol. The minimum Gasteiger partial charge on any atom is -0.444 e. The van der Waals surface area contributed by atoms with Crippen LogP contribution in [0, 0.1) is 23.6 Å². The minimum atomic E-state index is -1.20. The third kappa shape index (κ3) is 8.20. The van der Waals surface area contributed by atoms with Crippen LogP contribution in [0.4, 0.5) is 14.0 Å². The summed E-state index contributed by atoms with van der Waals surface area (Å²) in [6.45, 7) is 9.62. The van der Waals surface area contributed by atoms with E-state index in [0.29, 0.717) is 11.1 Å². The SMILES string of the molecule is CC(C)[C@H]1COB(O)[C@H]1NC(=O)[C@@H]1C[C@@H](OC(=O)N2Cc3cccc(F)c3C2)CN1C(=O)[C@@H](NC(=O)OC(C)(C)C)C1CCCCC1. The Morgan fingerprint density at radius 2 is 1.83 bits per heavy atom. The molecule has 47 heavy (non-hydrogen) atoms. The molecule has 4 aliphatic rings. The zero-order valence-electron chi connectivity index (χ0n) is 28.0. The van der Waals surface area contributed by atoms with Crippen LogP contribution < -0.4 is 10.6 Å². The van der Waals surface area contributed by atoms with Gasteiger partial charge in [-0.3, -0.25) is 14.5 Å². The Kier molecular flexibility index (Phi) is 10.7. The number of nitrogens with one attached hydrogen (secondary N) is 2. The summed E-state index contributed by atoms with van der Waals surface area (Å²) in [4.78, 5) is 57.4. The fourth-order valence-corrected chi connectivity index (χ4v) is 7.24. The van der Waals surface area contributed by atoms with Gasteiger partial charge in [-0.25, -0.2) is 14.0 Å². The molecule has 2 saturated heterocycles. The number of benzene rings is 1. The molecule has 5 atom stereocenters. The molecule has 3 heterocycles. The summed E-state index contributed by atoms with van der Waals surface area (Å²) in [5, 5.41) is 16.2. The van der Waals surface area contributed by atoms with Gasteiger partial charge in [0.2, 0.25) is 11.8 Å². The molecule has 0 spiro atoms. The molecule has 0 radical (unpaired) electrons. The van der Waals surface area contributed by atoms with Crippen molar-refractivity contribution in [2.45, 2.75) is 116 Å². The largest absolute Gasteiger partial charge is 0.478 e. The predicted octanol–water partition coefficient (Wildman–Crippen LogP) is 3.53. The van der Waals surface area contributed by atoms with E-state index in [1.807, 2.05) is 13.8 Å². The van der Waals surface area contributed by atoms with Gasteiger partial charge in [0.25, 0.3) is 0 Å². The highest BCUT2D eigenvalue weighted by molar-refractivity contribution is 6.46. The zero-order chi connectivity index (χ0) is 34.0. The maximum absolute atomic E-state index is 14.4. The Bertz CT molecular complexity index is 1340. The molecule has 4 amide bonds. The van der Waals surface area contributed by atoms with Gasteiger partial charge in [-0.2, -0.15) is 0 Å². The summed E-state index contributed by atoms with van der Waals surface area (Å²) in [6, 6.07) is 2.71. The van der Waals surface area contributed by atoms with Gasteiger partial charge in [-0.05, 0) is 57.1 Å². The standard InChI is InChI=1S/C33H48BFN4O8/c1-19(2)24-18-45-34(44)28(24)37-29(40)26-14-22(46-32(43)38-15-21-12-9-13-25(35)23(21)17-38)16-39(26)30(41)27(20-10-7-6-8-11-20)36-31(42)47-33(3,4)5/h9,12-13,19-20,22,24,26-28,44H,6-8,10-11,14-18H2,1-5H3,(H,36,42)(H,37,40)/t22-,24-,26+,27+,28+/m1/s1. The van der Waals surface area contributed by atoms with Crippen molar-refractivity contribution in [3.05, 3.63) is 35.1 Å². The number of hydrogen-bond donors (Lipinski definition) is 3. The lowest BCUT2D eigenvalue weighted by Gasteiger charge is -2.35. The van der Waals surface area contributed by atoms with E-state index in [1.165, 1.54) is 15.9 Å². The third-order valence-corrected chi connectivity index (χ3v) is 9.75. The van der Waals surface area contributed by atoms with E-state index in [2.05, 4.69) is 10.6 Å². The molecular weight excluding hydrogens is 610 g/mol. The molecule has 0 bridgehead atoms. The van der Waals surface area contributed by atoms with E-state index in [0.717, 1.165) is 32.1 Å². The molecule has 0 aromatic heterocycles. The molecule has 258 valence electrons. The summed E-state index contributed by atoms with van der Waals surface area (Å²) in [5.41, 5.74) is 0.350. The highest BCUT2D eigenvalue weighted by Crippen LogP contribution is 2.32. The van der Waals surface area contributed by atoms with Crippen LogP contribution in [-0.2, 0) is 36.8 Å². The maximum atomic E-state index is 14.4. The number of fused-ring (bicyclic) bond motifs is 1. The van der Waals surface area contributed by atoms with Crippen LogP contribution in [0.25, 0.3) is 0 Å². The number of amides is 4. The molecule has 12 nitrogen and oxygen atoms in total.